The molecule has 5 rings (SSSR count). The molecule has 4 aromatic rings. The number of hydrogen-bond donors (Lipinski definition) is 2. The molecule has 2 heterocycles. The van der Waals surface area contributed by atoms with Crippen LogP contribution in [0.4, 0.5) is 15.8 Å². The Hall–Kier alpha value is -4.93. The first kappa shape index (κ1) is 22.8. The van der Waals surface area contributed by atoms with Crippen LogP contribution in [0.15, 0.2) is 65.2 Å². The van der Waals surface area contributed by atoms with Gasteiger partial charge in [0.2, 0.25) is 18.5 Å². The lowest BCUT2D eigenvalue weighted by Crippen LogP contribution is -2.16. The number of rotatable bonds is 7. The van der Waals surface area contributed by atoms with Crippen LogP contribution in [-0.2, 0) is 6.61 Å². The summed E-state index contributed by atoms with van der Waals surface area (Å²) >= 11 is 0. The van der Waals surface area contributed by atoms with E-state index in [2.05, 4.69) is 20.8 Å². The zero-order valence-electron chi connectivity index (χ0n) is 18.9. The molecule has 2 N–H and O–H groups in total. The van der Waals surface area contributed by atoms with Gasteiger partial charge in [0, 0.05) is 18.2 Å². The Morgan fingerprint density at radius 2 is 1.83 bits per heavy atom. The monoisotopic (exact) mass is 490 g/mol. The number of anilines is 2. The number of carbonyl (C=O) groups excluding carboxylic acids is 2. The van der Waals surface area contributed by atoms with Gasteiger partial charge in [0.1, 0.15) is 11.6 Å². The topological polar surface area (TPSA) is 125 Å². The number of halogens is 1. The number of carbonyl (C=O) groups is 2. The van der Waals surface area contributed by atoms with Gasteiger partial charge in [-0.2, -0.15) is 4.98 Å². The first-order valence-corrected chi connectivity index (χ1v) is 10.8. The summed E-state index contributed by atoms with van der Waals surface area (Å²) in [6, 6.07) is 15.1. The number of amides is 2. The van der Waals surface area contributed by atoms with Gasteiger partial charge in [-0.3, -0.25) is 9.59 Å². The van der Waals surface area contributed by atoms with Crippen molar-refractivity contribution in [2.45, 2.75) is 13.5 Å². The molecule has 182 valence electrons. The summed E-state index contributed by atoms with van der Waals surface area (Å²) in [7, 11) is 0. The van der Waals surface area contributed by atoms with Crippen molar-refractivity contribution in [3.05, 3.63) is 89.3 Å². The summed E-state index contributed by atoms with van der Waals surface area (Å²) in [5, 5.41) is 8.95. The van der Waals surface area contributed by atoms with E-state index >= 15 is 0 Å². The minimum Gasteiger partial charge on any atom is -0.485 e. The van der Waals surface area contributed by atoms with Crippen LogP contribution in [0.25, 0.3) is 0 Å². The van der Waals surface area contributed by atoms with E-state index in [0.29, 0.717) is 28.8 Å². The molecule has 1 aromatic heterocycles. The predicted octanol–water partition coefficient (Wildman–Crippen LogP) is 4.33. The summed E-state index contributed by atoms with van der Waals surface area (Å²) in [6.07, 6.45) is 0. The summed E-state index contributed by atoms with van der Waals surface area (Å²) in [4.78, 5) is 29.7. The highest BCUT2D eigenvalue weighted by molar-refractivity contribution is 6.07. The standard InChI is InChI=1S/C25H19FN4O6/c1-14-27-23(30-36-14)12-33-20-5-3-2-4-17(20)25(32)29-19-11-16(7-8-18(19)26)28-24(31)15-6-9-21-22(10-15)35-13-34-21/h2-11H,12-13H2,1H3,(H,28,31)(H,29,32). The van der Waals surface area contributed by atoms with E-state index < -0.39 is 17.6 Å². The third-order valence-electron chi connectivity index (χ3n) is 5.17. The molecule has 10 nitrogen and oxygen atoms in total. The molecule has 0 aliphatic carbocycles. The number of aromatic nitrogens is 2. The van der Waals surface area contributed by atoms with Crippen molar-refractivity contribution in [3.63, 3.8) is 0 Å². The Balaban J connectivity index is 1.29. The van der Waals surface area contributed by atoms with Crippen LogP contribution in [0.3, 0.4) is 0 Å². The highest BCUT2D eigenvalue weighted by Gasteiger charge is 2.18. The fourth-order valence-electron chi connectivity index (χ4n) is 3.45. The van der Waals surface area contributed by atoms with Crippen LogP contribution in [0.5, 0.6) is 17.2 Å². The first-order chi connectivity index (χ1) is 17.5. The van der Waals surface area contributed by atoms with E-state index in [1.807, 2.05) is 0 Å². The lowest BCUT2D eigenvalue weighted by atomic mass is 10.1. The molecule has 0 spiro atoms. The lowest BCUT2D eigenvalue weighted by molar-refractivity contribution is 0.101. The maximum absolute atomic E-state index is 14.5. The van der Waals surface area contributed by atoms with Gasteiger partial charge in [0.05, 0.1) is 11.3 Å². The van der Waals surface area contributed by atoms with Gasteiger partial charge in [-0.05, 0) is 48.5 Å². The van der Waals surface area contributed by atoms with Crippen molar-refractivity contribution in [2.75, 3.05) is 17.4 Å². The van der Waals surface area contributed by atoms with Crippen LogP contribution in [0.2, 0.25) is 0 Å². The summed E-state index contributed by atoms with van der Waals surface area (Å²) < 4.78 is 35.6. The fraction of sp³-hybridized carbons (Fsp3) is 0.120. The quantitative estimate of drug-likeness (QED) is 0.392. The normalized spacial score (nSPS) is 11.7. The third kappa shape index (κ3) is 4.94. The maximum atomic E-state index is 14.5. The molecule has 0 saturated carbocycles. The van der Waals surface area contributed by atoms with Crippen molar-refractivity contribution in [1.29, 1.82) is 0 Å². The van der Waals surface area contributed by atoms with Crippen LogP contribution >= 0.6 is 0 Å². The van der Waals surface area contributed by atoms with Gasteiger partial charge in [0.15, 0.2) is 18.1 Å². The third-order valence-corrected chi connectivity index (χ3v) is 5.17. The largest absolute Gasteiger partial charge is 0.485 e. The minimum atomic E-state index is -0.676. The Bertz CT molecular complexity index is 1450. The number of ether oxygens (including phenoxy) is 3. The van der Waals surface area contributed by atoms with E-state index in [1.165, 1.54) is 18.2 Å². The van der Waals surface area contributed by atoms with Gasteiger partial charge < -0.3 is 29.4 Å². The fourth-order valence-corrected chi connectivity index (χ4v) is 3.45. The number of aryl methyl sites for hydroxylation is 1. The molecule has 0 bridgehead atoms. The Morgan fingerprint density at radius 3 is 2.67 bits per heavy atom. The SMILES string of the molecule is Cc1nc(COc2ccccc2C(=O)Nc2cc(NC(=O)c3ccc4c(c3)OCO4)ccc2F)no1. The zero-order chi connectivity index (χ0) is 25.1. The van der Waals surface area contributed by atoms with Crippen LogP contribution < -0.4 is 24.8 Å². The molecule has 0 fully saturated rings. The molecule has 0 atom stereocenters. The molecule has 0 saturated heterocycles. The highest BCUT2D eigenvalue weighted by atomic mass is 19.1. The first-order valence-electron chi connectivity index (χ1n) is 10.8. The van der Waals surface area contributed by atoms with Crippen molar-refractivity contribution in [1.82, 2.24) is 10.1 Å². The van der Waals surface area contributed by atoms with E-state index in [4.69, 9.17) is 18.7 Å². The average Bonchev–Trinajstić information content (AvgIpc) is 3.53. The van der Waals surface area contributed by atoms with Gasteiger partial charge in [-0.25, -0.2) is 4.39 Å². The van der Waals surface area contributed by atoms with E-state index in [-0.39, 0.29) is 36.1 Å². The van der Waals surface area contributed by atoms with Crippen molar-refractivity contribution in [3.8, 4) is 17.2 Å². The molecule has 1 aliphatic rings. The Labute approximate surface area is 204 Å². The Kier molecular flexibility index (Phi) is 6.18. The number of nitrogens with one attached hydrogen (secondary N) is 2. The molecule has 3 aromatic carbocycles. The zero-order valence-corrected chi connectivity index (χ0v) is 18.9. The number of benzene rings is 3. The molecule has 2 amide bonds. The molecule has 1 aliphatic heterocycles. The number of nitrogens with zero attached hydrogens (tertiary/aromatic N) is 2. The highest BCUT2D eigenvalue weighted by Crippen LogP contribution is 2.33. The second-order valence-electron chi connectivity index (χ2n) is 7.69. The number of fused-ring (bicyclic) bond motifs is 1. The molecular formula is C25H19FN4O6. The number of para-hydroxylation sites is 1. The molecular weight excluding hydrogens is 471 g/mol. The van der Waals surface area contributed by atoms with Crippen molar-refractivity contribution >= 4 is 23.2 Å². The molecule has 0 unspecified atom stereocenters. The summed E-state index contributed by atoms with van der Waals surface area (Å²) in [5.41, 5.74) is 0.669. The molecule has 0 radical (unpaired) electrons. The van der Waals surface area contributed by atoms with Gasteiger partial charge in [-0.15, -0.1) is 0 Å². The van der Waals surface area contributed by atoms with Gasteiger partial charge in [-0.1, -0.05) is 17.3 Å². The van der Waals surface area contributed by atoms with Crippen LogP contribution in [0.1, 0.15) is 32.4 Å². The predicted molar refractivity (Wildman–Crippen MR) is 125 cm³/mol. The Morgan fingerprint density at radius 1 is 1.00 bits per heavy atom. The maximum Gasteiger partial charge on any atom is 0.259 e. The lowest BCUT2D eigenvalue weighted by Gasteiger charge is -2.12. The van der Waals surface area contributed by atoms with E-state index in [9.17, 15) is 14.0 Å². The second kappa shape index (κ2) is 9.74. The van der Waals surface area contributed by atoms with Crippen LogP contribution in [0, 0.1) is 12.7 Å². The van der Waals surface area contributed by atoms with Gasteiger partial charge in [0.25, 0.3) is 11.8 Å². The van der Waals surface area contributed by atoms with Crippen molar-refractivity contribution < 1.29 is 32.7 Å². The molecule has 36 heavy (non-hydrogen) atoms. The average molecular weight is 490 g/mol. The van der Waals surface area contributed by atoms with Gasteiger partial charge >= 0.3 is 0 Å². The van der Waals surface area contributed by atoms with E-state index in [0.717, 1.165) is 6.07 Å². The van der Waals surface area contributed by atoms with Crippen molar-refractivity contribution in [2.24, 2.45) is 0 Å². The van der Waals surface area contributed by atoms with Crippen LogP contribution in [-0.4, -0.2) is 28.7 Å². The van der Waals surface area contributed by atoms with E-state index in [1.54, 1.807) is 43.3 Å². The summed E-state index contributed by atoms with van der Waals surface area (Å²) in [5.74, 6) is 0.260. The minimum absolute atomic E-state index is 0.0165. The second-order valence-corrected chi connectivity index (χ2v) is 7.69. The number of hydrogen-bond acceptors (Lipinski definition) is 8. The summed E-state index contributed by atoms with van der Waals surface area (Å²) in [6.45, 7) is 1.72. The smallest absolute Gasteiger partial charge is 0.259 e. The molecule has 11 heteroatoms.